The van der Waals surface area contributed by atoms with Gasteiger partial charge in [0.25, 0.3) is 0 Å². The molecule has 3 aliphatic rings. The standard InChI is InChI=1S/C29H32ClF2N7OS/c1-15(12-38-9-3-2-4-10-38)40-29-36-24-19(27(37-29)39-13-16-5-6-17(14-39)34-16)11-20(30)22(23(24)32)18-7-8-21(31)26-25(18)35-28(33)41-26/h7-8,11,15-17,34H,2-6,9-10,12-14H2,1H3,(H2,33,35). The Morgan fingerprint density at radius 3 is 2.61 bits per heavy atom. The van der Waals surface area contributed by atoms with Crippen molar-refractivity contribution in [3.8, 4) is 17.1 Å². The Morgan fingerprint density at radius 2 is 1.85 bits per heavy atom. The van der Waals surface area contributed by atoms with Gasteiger partial charge in [-0.2, -0.15) is 9.97 Å². The van der Waals surface area contributed by atoms with Crippen LogP contribution in [0.3, 0.4) is 0 Å². The molecule has 2 aromatic heterocycles. The van der Waals surface area contributed by atoms with Crippen molar-refractivity contribution in [3.05, 3.63) is 34.9 Å². The van der Waals surface area contributed by atoms with Gasteiger partial charge in [-0.3, -0.25) is 4.90 Å². The van der Waals surface area contributed by atoms with Crippen molar-refractivity contribution in [2.24, 2.45) is 0 Å². The molecular weight excluding hydrogens is 568 g/mol. The summed E-state index contributed by atoms with van der Waals surface area (Å²) in [7, 11) is 0. The first-order valence-corrected chi connectivity index (χ1v) is 15.5. The number of hydrogen-bond acceptors (Lipinski definition) is 9. The molecule has 0 aliphatic carbocycles. The number of likely N-dealkylation sites (tertiary alicyclic amines) is 1. The summed E-state index contributed by atoms with van der Waals surface area (Å²) >= 11 is 7.81. The first-order valence-electron chi connectivity index (χ1n) is 14.3. The Kier molecular flexibility index (Phi) is 7.09. The van der Waals surface area contributed by atoms with Crippen LogP contribution < -0.4 is 20.7 Å². The largest absolute Gasteiger partial charge is 0.459 e. The fourth-order valence-corrected chi connectivity index (χ4v) is 7.64. The third-order valence-electron chi connectivity index (χ3n) is 8.41. The first-order chi connectivity index (χ1) is 19.8. The van der Waals surface area contributed by atoms with Gasteiger partial charge in [0, 0.05) is 48.2 Å². The Bertz CT molecular complexity index is 1620. The van der Waals surface area contributed by atoms with Gasteiger partial charge in [0.1, 0.15) is 23.3 Å². The highest BCUT2D eigenvalue weighted by Crippen LogP contribution is 2.43. The maximum atomic E-state index is 16.6. The van der Waals surface area contributed by atoms with E-state index >= 15 is 4.39 Å². The molecule has 216 valence electrons. The molecule has 3 fully saturated rings. The number of piperazine rings is 1. The van der Waals surface area contributed by atoms with Gasteiger partial charge in [0.05, 0.1) is 15.2 Å². The number of fused-ring (bicyclic) bond motifs is 4. The Balaban J connectivity index is 1.34. The van der Waals surface area contributed by atoms with E-state index in [2.05, 4.69) is 25.1 Å². The summed E-state index contributed by atoms with van der Waals surface area (Å²) < 4.78 is 37.7. The van der Waals surface area contributed by atoms with Gasteiger partial charge < -0.3 is 20.7 Å². The highest BCUT2D eigenvalue weighted by molar-refractivity contribution is 7.22. The number of piperidine rings is 1. The number of nitrogens with two attached hydrogens (primary N) is 1. The summed E-state index contributed by atoms with van der Waals surface area (Å²) in [5.41, 5.74) is 6.75. The van der Waals surface area contributed by atoms with Gasteiger partial charge in [-0.1, -0.05) is 29.4 Å². The van der Waals surface area contributed by atoms with E-state index in [0.29, 0.717) is 28.9 Å². The average Bonchev–Trinajstić information content (AvgIpc) is 3.51. The predicted octanol–water partition coefficient (Wildman–Crippen LogP) is 5.61. The van der Waals surface area contributed by atoms with Crippen LogP contribution in [0.2, 0.25) is 5.02 Å². The van der Waals surface area contributed by atoms with E-state index in [1.165, 1.54) is 31.4 Å². The van der Waals surface area contributed by atoms with Gasteiger partial charge >= 0.3 is 6.01 Å². The molecule has 3 atom stereocenters. The van der Waals surface area contributed by atoms with Gasteiger partial charge in [0.2, 0.25) is 0 Å². The number of rotatable bonds is 6. The highest BCUT2D eigenvalue weighted by atomic mass is 35.5. The topological polar surface area (TPSA) is 92.4 Å². The van der Waals surface area contributed by atoms with Gasteiger partial charge in [-0.25, -0.2) is 13.8 Å². The summed E-state index contributed by atoms with van der Waals surface area (Å²) in [5.74, 6) is -0.475. The van der Waals surface area contributed by atoms with Crippen molar-refractivity contribution in [2.75, 3.05) is 43.4 Å². The fourth-order valence-electron chi connectivity index (χ4n) is 6.59. The van der Waals surface area contributed by atoms with E-state index in [0.717, 1.165) is 56.9 Å². The third kappa shape index (κ3) is 5.07. The van der Waals surface area contributed by atoms with Crippen molar-refractivity contribution in [3.63, 3.8) is 0 Å². The number of aromatic nitrogens is 3. The predicted molar refractivity (Wildman–Crippen MR) is 160 cm³/mol. The molecule has 41 heavy (non-hydrogen) atoms. The van der Waals surface area contributed by atoms with Crippen molar-refractivity contribution in [1.29, 1.82) is 0 Å². The molecule has 3 unspecified atom stereocenters. The lowest BCUT2D eigenvalue weighted by molar-refractivity contribution is 0.123. The Labute approximate surface area is 245 Å². The summed E-state index contributed by atoms with van der Waals surface area (Å²) in [6.07, 6.45) is 5.64. The second kappa shape index (κ2) is 10.8. The quantitative estimate of drug-likeness (QED) is 0.295. The molecule has 2 aromatic carbocycles. The number of hydrogen-bond donors (Lipinski definition) is 2. The lowest BCUT2D eigenvalue weighted by Crippen LogP contribution is -2.51. The summed E-state index contributed by atoms with van der Waals surface area (Å²) in [4.78, 5) is 18.3. The molecular formula is C29H32ClF2N7OS. The van der Waals surface area contributed by atoms with Gasteiger partial charge in [0.15, 0.2) is 10.9 Å². The van der Waals surface area contributed by atoms with Crippen LogP contribution in [0.4, 0.5) is 19.7 Å². The second-order valence-corrected chi connectivity index (χ2v) is 12.9. The van der Waals surface area contributed by atoms with Crippen LogP contribution in [-0.4, -0.2) is 70.8 Å². The summed E-state index contributed by atoms with van der Waals surface area (Å²) in [6.45, 7) is 6.35. The van der Waals surface area contributed by atoms with Crippen molar-refractivity contribution in [1.82, 2.24) is 25.2 Å². The lowest BCUT2D eigenvalue weighted by Gasteiger charge is -2.34. The molecule has 7 rings (SSSR count). The van der Waals surface area contributed by atoms with Crippen LogP contribution in [0, 0.1) is 11.6 Å². The smallest absolute Gasteiger partial charge is 0.319 e. The molecule has 0 saturated carbocycles. The summed E-state index contributed by atoms with van der Waals surface area (Å²) in [6, 6.07) is 5.32. The SMILES string of the molecule is CC(CN1CCCCC1)Oc1nc(N2CC3CCC(C2)N3)c2cc(Cl)c(-c3ccc(F)c4sc(N)nc34)c(F)c2n1. The second-order valence-electron chi connectivity index (χ2n) is 11.4. The first kappa shape index (κ1) is 27.0. The molecule has 12 heteroatoms. The van der Waals surface area contributed by atoms with Gasteiger partial charge in [-0.15, -0.1) is 0 Å². The van der Waals surface area contributed by atoms with Crippen molar-refractivity contribution >= 4 is 55.0 Å². The minimum atomic E-state index is -0.623. The maximum Gasteiger partial charge on any atom is 0.319 e. The third-order valence-corrected chi connectivity index (χ3v) is 9.60. The van der Waals surface area contributed by atoms with Crippen molar-refractivity contribution < 1.29 is 13.5 Å². The fraction of sp³-hybridized carbons (Fsp3) is 0.483. The van der Waals surface area contributed by atoms with E-state index in [1.807, 2.05) is 6.92 Å². The zero-order valence-electron chi connectivity index (χ0n) is 22.8. The Hall–Kier alpha value is -2.86. The number of halogens is 3. The molecule has 2 bridgehead atoms. The minimum Gasteiger partial charge on any atom is -0.459 e. The van der Waals surface area contributed by atoms with E-state index < -0.39 is 11.6 Å². The molecule has 3 N–H and O–H groups in total. The number of nitrogens with one attached hydrogen (secondary N) is 1. The van der Waals surface area contributed by atoms with Gasteiger partial charge in [-0.05, 0) is 63.9 Å². The van der Waals surface area contributed by atoms with Crippen LogP contribution in [0.15, 0.2) is 18.2 Å². The number of anilines is 2. The van der Waals surface area contributed by atoms with Crippen LogP contribution in [0.25, 0.3) is 32.2 Å². The zero-order valence-corrected chi connectivity index (χ0v) is 24.4. The van der Waals surface area contributed by atoms with Crippen LogP contribution >= 0.6 is 22.9 Å². The average molecular weight is 600 g/mol. The van der Waals surface area contributed by atoms with Crippen LogP contribution in [0.1, 0.15) is 39.0 Å². The number of nitrogens with zero attached hydrogens (tertiary/aromatic N) is 5. The monoisotopic (exact) mass is 599 g/mol. The normalized spacial score (nSPS) is 22.1. The highest BCUT2D eigenvalue weighted by Gasteiger charge is 2.34. The van der Waals surface area contributed by atoms with E-state index in [1.54, 1.807) is 6.07 Å². The molecule has 3 aliphatic heterocycles. The van der Waals surface area contributed by atoms with Crippen molar-refractivity contribution in [2.45, 2.75) is 57.2 Å². The maximum absolute atomic E-state index is 16.6. The van der Waals surface area contributed by atoms with Crippen LogP contribution in [-0.2, 0) is 0 Å². The number of thiazole rings is 1. The minimum absolute atomic E-state index is 0.104. The molecule has 0 amide bonds. The van der Waals surface area contributed by atoms with Crippen LogP contribution in [0.5, 0.6) is 6.01 Å². The molecule has 0 spiro atoms. The van der Waals surface area contributed by atoms with E-state index in [4.69, 9.17) is 27.1 Å². The molecule has 3 saturated heterocycles. The number of nitrogen functional groups attached to an aromatic ring is 1. The van der Waals surface area contributed by atoms with E-state index in [9.17, 15) is 4.39 Å². The molecule has 8 nitrogen and oxygen atoms in total. The molecule has 4 aromatic rings. The molecule has 0 radical (unpaired) electrons. The van der Waals surface area contributed by atoms with E-state index in [-0.39, 0.29) is 43.6 Å². The summed E-state index contributed by atoms with van der Waals surface area (Å²) in [5, 5.41) is 4.52. The lowest BCUT2D eigenvalue weighted by atomic mass is 10.0. The zero-order chi connectivity index (χ0) is 28.2. The number of ether oxygens (including phenoxy) is 1. The number of benzene rings is 2. The Morgan fingerprint density at radius 1 is 1.10 bits per heavy atom. The molecule has 5 heterocycles.